The van der Waals surface area contributed by atoms with Crippen LogP contribution >= 0.6 is 0 Å². The lowest BCUT2D eigenvalue weighted by Gasteiger charge is -2.24. The summed E-state index contributed by atoms with van der Waals surface area (Å²) in [4.78, 5) is 0. The van der Waals surface area contributed by atoms with Crippen LogP contribution in [0.25, 0.3) is 123 Å². The summed E-state index contributed by atoms with van der Waals surface area (Å²) in [6, 6.07) is 112. The number of hydrogen-bond acceptors (Lipinski definition) is 0. The van der Waals surface area contributed by atoms with Crippen LogP contribution in [0.15, 0.2) is 303 Å². The monoisotopic (exact) mass is 1150 g/mol. The lowest BCUT2D eigenvalue weighted by Crippen LogP contribution is -2.17. The molecule has 0 radical (unpaired) electrons. The van der Waals surface area contributed by atoms with Crippen LogP contribution in [0.1, 0.15) is 83.3 Å². The summed E-state index contributed by atoms with van der Waals surface area (Å²) >= 11 is 0. The van der Waals surface area contributed by atoms with Crippen molar-refractivity contribution in [3.63, 3.8) is 0 Å². The van der Waals surface area contributed by atoms with Gasteiger partial charge in [-0.05, 0) is 208 Å². The molecule has 0 saturated carbocycles. The van der Waals surface area contributed by atoms with E-state index in [1.54, 1.807) is 0 Å². The lowest BCUT2D eigenvalue weighted by molar-refractivity contribution is 0.652. The van der Waals surface area contributed by atoms with Crippen molar-refractivity contribution in [3.8, 4) is 55.9 Å². The Hall–Kier alpha value is -11.1. The van der Waals surface area contributed by atoms with Gasteiger partial charge in [0.2, 0.25) is 0 Å². The van der Waals surface area contributed by atoms with E-state index in [2.05, 4.69) is 352 Å². The van der Waals surface area contributed by atoms with Crippen molar-refractivity contribution in [1.82, 2.24) is 9.13 Å². The van der Waals surface area contributed by atoms with Gasteiger partial charge < -0.3 is 9.13 Å². The number of benzene rings is 13. The third-order valence-electron chi connectivity index (χ3n) is 19.7. The number of fused-ring (bicyclic) bond motifs is 12. The Morgan fingerprint density at radius 2 is 0.589 bits per heavy atom. The van der Waals surface area contributed by atoms with E-state index in [0.29, 0.717) is 0 Å². The highest BCUT2D eigenvalue weighted by Crippen LogP contribution is 2.57. The summed E-state index contributed by atoms with van der Waals surface area (Å²) in [5, 5.41) is 4.99. The van der Waals surface area contributed by atoms with E-state index >= 15 is 0 Å². The number of rotatable bonds is 10. The van der Waals surface area contributed by atoms with Gasteiger partial charge in [0.1, 0.15) is 0 Å². The Morgan fingerprint density at radius 3 is 0.989 bits per heavy atom. The van der Waals surface area contributed by atoms with Gasteiger partial charge in [-0.15, -0.1) is 0 Å². The van der Waals surface area contributed by atoms with Crippen LogP contribution in [0, 0.1) is 0 Å². The van der Waals surface area contributed by atoms with Crippen LogP contribution in [-0.2, 0) is 10.8 Å². The smallest absolute Gasteiger partial charge is 0.0541 e. The first-order valence-corrected chi connectivity index (χ1v) is 31.5. The van der Waals surface area contributed by atoms with Gasteiger partial charge in [-0.1, -0.05) is 246 Å². The zero-order valence-corrected chi connectivity index (χ0v) is 50.9. The maximum absolute atomic E-state index is 2.53. The maximum Gasteiger partial charge on any atom is 0.0541 e. The zero-order valence-electron chi connectivity index (χ0n) is 50.9. The summed E-state index contributed by atoms with van der Waals surface area (Å²) in [6.07, 6.45) is 4.71. The summed E-state index contributed by atoms with van der Waals surface area (Å²) in [6.45, 7) is 9.67. The molecule has 2 aliphatic rings. The second-order valence-corrected chi connectivity index (χ2v) is 25.6. The summed E-state index contributed by atoms with van der Waals surface area (Å²) in [7, 11) is 0. The average molecular weight is 1150 g/mol. The third-order valence-corrected chi connectivity index (χ3v) is 19.7. The third kappa shape index (κ3) is 8.62. The van der Waals surface area contributed by atoms with E-state index in [0.717, 1.165) is 22.5 Å². The average Bonchev–Trinajstić information content (AvgIpc) is 1.56. The van der Waals surface area contributed by atoms with E-state index < -0.39 is 0 Å². The quantitative estimate of drug-likeness (QED) is 0.121. The van der Waals surface area contributed by atoms with Gasteiger partial charge in [-0.3, -0.25) is 0 Å². The van der Waals surface area contributed by atoms with Crippen molar-refractivity contribution in [2.24, 2.45) is 0 Å². The molecule has 2 heterocycles. The topological polar surface area (TPSA) is 9.86 Å². The Balaban J connectivity index is 0.654. The molecule has 17 rings (SSSR count). The molecular weight excluding hydrogens is 1080 g/mol. The molecule has 0 fully saturated rings. The molecule has 90 heavy (non-hydrogen) atoms. The molecule has 0 aliphatic heterocycles. The van der Waals surface area contributed by atoms with Gasteiger partial charge in [-0.25, -0.2) is 0 Å². The SMILES string of the molecule is CC1(C)c2cc(-c3ccc(C=C(c4ccccc4)c4ccc5c(c4)c4ccccc4n5-c4ccccc4)cc3)ccc2-c2cc3c(cc21)-c1ccc(-c2ccc(C=C(c4ccccc4)c4ccc5c(c4)c4ccccc4n5-c4ccccc4)cc2)cc1C3(C)C. The highest BCUT2D eigenvalue weighted by molar-refractivity contribution is 6.12. The van der Waals surface area contributed by atoms with E-state index in [-0.39, 0.29) is 10.8 Å². The van der Waals surface area contributed by atoms with Gasteiger partial charge in [-0.2, -0.15) is 0 Å². The molecule has 2 nitrogen and oxygen atoms in total. The van der Waals surface area contributed by atoms with E-state index in [1.165, 1.54) is 144 Å². The van der Waals surface area contributed by atoms with Crippen LogP contribution in [0.2, 0.25) is 0 Å². The molecule has 0 saturated heterocycles. The molecule has 0 N–H and O–H groups in total. The largest absolute Gasteiger partial charge is 0.309 e. The van der Waals surface area contributed by atoms with Crippen molar-refractivity contribution >= 4 is 66.9 Å². The van der Waals surface area contributed by atoms with Crippen molar-refractivity contribution in [2.75, 3.05) is 0 Å². The fraction of sp³-hybridized carbons (Fsp3) is 0.0682. The van der Waals surface area contributed by atoms with Crippen molar-refractivity contribution in [3.05, 3.63) is 359 Å². The van der Waals surface area contributed by atoms with Crippen LogP contribution in [-0.4, -0.2) is 9.13 Å². The second-order valence-electron chi connectivity index (χ2n) is 25.6. The predicted molar refractivity (Wildman–Crippen MR) is 381 cm³/mol. The molecule has 2 heteroatoms. The van der Waals surface area contributed by atoms with Crippen LogP contribution in [0.4, 0.5) is 0 Å². The van der Waals surface area contributed by atoms with Gasteiger partial charge >= 0.3 is 0 Å². The maximum atomic E-state index is 2.53. The van der Waals surface area contributed by atoms with Crippen molar-refractivity contribution < 1.29 is 0 Å². The molecule has 15 aromatic rings. The molecule has 0 spiro atoms. The van der Waals surface area contributed by atoms with Gasteiger partial charge in [0.25, 0.3) is 0 Å². The van der Waals surface area contributed by atoms with Crippen LogP contribution < -0.4 is 0 Å². The lowest BCUT2D eigenvalue weighted by atomic mass is 9.79. The standard InChI is InChI=1S/C88H64N2/c1-87(2)79-53-63(59-37-33-57(34-38-59)49-73(61-21-9-5-10-22-61)65-43-47-85-77(51-65)71-29-17-19-31-83(71)89(85)67-25-13-7-14-26-67)41-45-69(79)75-56-82-76(55-81(75)87)70-46-42-64(54-80(70)88(82,3)4)60-39-35-58(36-40-60)50-74(62-23-11-6-12-24-62)66-44-48-86-78(52-66)72-30-18-20-32-84(72)90(86)68-27-15-8-16-28-68/h5-56H,1-4H3. The first-order chi connectivity index (χ1) is 44.1. The normalized spacial score (nSPS) is 13.9. The number of hydrogen-bond donors (Lipinski definition) is 0. The Kier molecular flexibility index (Phi) is 12.3. The molecule has 2 aromatic heterocycles. The Bertz CT molecular complexity index is 5060. The minimum atomic E-state index is -0.184. The first kappa shape index (κ1) is 53.2. The second kappa shape index (κ2) is 20.8. The Morgan fingerprint density at radius 1 is 0.256 bits per heavy atom. The van der Waals surface area contributed by atoms with E-state index in [1.807, 2.05) is 0 Å². The first-order valence-electron chi connectivity index (χ1n) is 31.5. The van der Waals surface area contributed by atoms with Crippen molar-refractivity contribution in [2.45, 2.75) is 38.5 Å². The Labute approximate surface area is 526 Å². The summed E-state index contributed by atoms with van der Waals surface area (Å²) < 4.78 is 4.77. The fourth-order valence-electron chi connectivity index (χ4n) is 15.1. The molecule has 0 unspecified atom stereocenters. The van der Waals surface area contributed by atoms with Gasteiger partial charge in [0, 0.05) is 43.7 Å². The van der Waals surface area contributed by atoms with Gasteiger partial charge in [0.05, 0.1) is 22.1 Å². The molecule has 0 amide bonds. The molecule has 0 bridgehead atoms. The van der Waals surface area contributed by atoms with Crippen LogP contribution in [0.5, 0.6) is 0 Å². The molecule has 13 aromatic carbocycles. The van der Waals surface area contributed by atoms with E-state index in [9.17, 15) is 0 Å². The van der Waals surface area contributed by atoms with Crippen LogP contribution in [0.3, 0.4) is 0 Å². The highest BCUT2D eigenvalue weighted by atomic mass is 15.0. The fourth-order valence-corrected chi connectivity index (χ4v) is 15.1. The summed E-state index contributed by atoms with van der Waals surface area (Å²) in [5.74, 6) is 0. The summed E-state index contributed by atoms with van der Waals surface area (Å²) in [5.41, 5.74) is 32.1. The number of aromatic nitrogens is 2. The molecule has 2 aliphatic carbocycles. The van der Waals surface area contributed by atoms with E-state index in [4.69, 9.17) is 0 Å². The minimum Gasteiger partial charge on any atom is -0.309 e. The number of nitrogens with zero attached hydrogens (tertiary/aromatic N) is 2. The highest BCUT2D eigenvalue weighted by Gasteiger charge is 2.42. The molecule has 0 atom stereocenters. The predicted octanol–water partition coefficient (Wildman–Crippen LogP) is 23.0. The van der Waals surface area contributed by atoms with Gasteiger partial charge in [0.15, 0.2) is 0 Å². The van der Waals surface area contributed by atoms with Crippen molar-refractivity contribution in [1.29, 1.82) is 0 Å². The number of para-hydroxylation sites is 4. The molecule has 426 valence electrons. The minimum absolute atomic E-state index is 0.184. The zero-order chi connectivity index (χ0) is 60.2. The molecular formula is C88H64N2.